The van der Waals surface area contributed by atoms with Crippen LogP contribution in [0.4, 0.5) is 5.69 Å². The summed E-state index contributed by atoms with van der Waals surface area (Å²) in [5.41, 5.74) is 2.46. The van der Waals surface area contributed by atoms with Crippen molar-refractivity contribution in [1.82, 2.24) is 20.2 Å². The first kappa shape index (κ1) is 13.6. The second-order valence-corrected chi connectivity index (χ2v) is 5.77. The van der Waals surface area contributed by atoms with Crippen molar-refractivity contribution in [2.75, 3.05) is 5.32 Å². The van der Waals surface area contributed by atoms with E-state index in [0.717, 1.165) is 11.1 Å². The minimum Gasteiger partial charge on any atom is -0.462 e. The van der Waals surface area contributed by atoms with E-state index >= 15 is 0 Å². The van der Waals surface area contributed by atoms with Gasteiger partial charge in [0, 0.05) is 16.5 Å². The molecule has 114 valence electrons. The molecule has 7 nitrogen and oxygen atoms in total. The minimum absolute atomic E-state index is 0.290. The summed E-state index contributed by atoms with van der Waals surface area (Å²) in [5, 5.41) is 13.0. The van der Waals surface area contributed by atoms with Gasteiger partial charge in [-0.3, -0.25) is 9.89 Å². The van der Waals surface area contributed by atoms with Crippen molar-refractivity contribution in [3.05, 3.63) is 47.4 Å². The van der Waals surface area contributed by atoms with E-state index in [9.17, 15) is 4.79 Å². The molecule has 4 rings (SSSR count). The number of carbonyl (C=O) groups is 1. The van der Waals surface area contributed by atoms with Gasteiger partial charge in [0.15, 0.2) is 16.4 Å². The minimum atomic E-state index is -0.290. The van der Waals surface area contributed by atoms with Gasteiger partial charge in [-0.15, -0.1) is 11.3 Å². The van der Waals surface area contributed by atoms with E-state index < -0.39 is 0 Å². The number of pyridine rings is 1. The molecule has 4 aromatic rings. The third kappa shape index (κ3) is 2.49. The zero-order chi connectivity index (χ0) is 15.8. The monoisotopic (exact) mass is 325 g/mol. The summed E-state index contributed by atoms with van der Waals surface area (Å²) >= 11 is 1.36. The highest BCUT2D eigenvalue weighted by atomic mass is 32.1. The fraction of sp³-hybridized carbons (Fsp3) is 0.0667. The second kappa shape index (κ2) is 5.33. The average molecular weight is 325 g/mol. The maximum atomic E-state index is 12.3. The normalized spacial score (nSPS) is 11.0. The van der Waals surface area contributed by atoms with Gasteiger partial charge in [-0.25, -0.2) is 9.97 Å². The molecule has 0 saturated heterocycles. The van der Waals surface area contributed by atoms with Crippen molar-refractivity contribution < 1.29 is 9.21 Å². The lowest BCUT2D eigenvalue weighted by Crippen LogP contribution is -2.12. The van der Waals surface area contributed by atoms with Crippen LogP contribution in [-0.2, 0) is 0 Å². The van der Waals surface area contributed by atoms with Crippen LogP contribution in [-0.4, -0.2) is 26.1 Å². The number of aromatic nitrogens is 4. The molecular formula is C15H11N5O2S. The van der Waals surface area contributed by atoms with Gasteiger partial charge in [0.25, 0.3) is 5.91 Å². The zero-order valence-electron chi connectivity index (χ0n) is 12.0. The Labute approximate surface area is 134 Å². The van der Waals surface area contributed by atoms with Gasteiger partial charge in [0.1, 0.15) is 5.69 Å². The van der Waals surface area contributed by atoms with Crippen LogP contribution >= 0.6 is 11.3 Å². The first-order valence-corrected chi connectivity index (χ1v) is 7.70. The Bertz CT molecular complexity index is 987. The van der Waals surface area contributed by atoms with Crippen LogP contribution in [0.5, 0.6) is 0 Å². The fourth-order valence-electron chi connectivity index (χ4n) is 2.17. The van der Waals surface area contributed by atoms with Gasteiger partial charge >= 0.3 is 0 Å². The summed E-state index contributed by atoms with van der Waals surface area (Å²) in [4.78, 5) is 20.8. The van der Waals surface area contributed by atoms with Crippen LogP contribution in [0.1, 0.15) is 16.2 Å². The molecular weight excluding hydrogens is 314 g/mol. The fourth-order valence-corrected chi connectivity index (χ4v) is 2.94. The first-order chi connectivity index (χ1) is 11.2. The topological polar surface area (TPSA) is 96.7 Å². The Morgan fingerprint density at radius 3 is 3.17 bits per heavy atom. The third-order valence-electron chi connectivity index (χ3n) is 3.33. The third-order valence-corrected chi connectivity index (χ3v) is 4.18. The quantitative estimate of drug-likeness (QED) is 0.603. The van der Waals surface area contributed by atoms with Crippen LogP contribution < -0.4 is 5.32 Å². The molecule has 0 saturated carbocycles. The second-order valence-electron chi connectivity index (χ2n) is 4.91. The molecule has 0 aliphatic carbocycles. The van der Waals surface area contributed by atoms with Crippen molar-refractivity contribution in [1.29, 1.82) is 0 Å². The molecule has 0 fully saturated rings. The molecule has 2 N–H and O–H groups in total. The predicted octanol–water partition coefficient (Wildman–Crippen LogP) is 3.24. The lowest BCUT2D eigenvalue weighted by atomic mass is 10.2. The van der Waals surface area contributed by atoms with E-state index in [1.54, 1.807) is 30.0 Å². The Kier molecular flexibility index (Phi) is 3.16. The first-order valence-electron chi connectivity index (χ1n) is 6.82. The number of aryl methyl sites for hydroxylation is 1. The molecule has 0 unspecified atom stereocenters. The molecule has 1 amide bonds. The number of amides is 1. The highest BCUT2D eigenvalue weighted by Gasteiger charge is 2.14. The number of H-pyrrole nitrogens is 1. The number of anilines is 1. The van der Waals surface area contributed by atoms with Crippen LogP contribution in [0.15, 0.2) is 40.5 Å². The number of furan rings is 1. The van der Waals surface area contributed by atoms with Gasteiger partial charge < -0.3 is 9.73 Å². The van der Waals surface area contributed by atoms with E-state index in [2.05, 4.69) is 25.5 Å². The number of nitrogens with one attached hydrogen (secondary N) is 2. The molecule has 4 aromatic heterocycles. The summed E-state index contributed by atoms with van der Waals surface area (Å²) in [6, 6.07) is 5.42. The molecule has 0 spiro atoms. The maximum Gasteiger partial charge on any atom is 0.275 e. The Morgan fingerprint density at radius 1 is 1.43 bits per heavy atom. The van der Waals surface area contributed by atoms with Crippen molar-refractivity contribution >= 4 is 34.0 Å². The van der Waals surface area contributed by atoms with E-state index in [4.69, 9.17) is 4.42 Å². The number of hydrogen-bond donors (Lipinski definition) is 2. The van der Waals surface area contributed by atoms with Crippen molar-refractivity contribution in [3.8, 4) is 10.8 Å². The largest absolute Gasteiger partial charge is 0.462 e. The predicted molar refractivity (Wildman–Crippen MR) is 86.4 cm³/mol. The highest BCUT2D eigenvalue weighted by Crippen LogP contribution is 2.24. The lowest BCUT2D eigenvalue weighted by molar-refractivity contribution is 0.102. The lowest BCUT2D eigenvalue weighted by Gasteiger charge is -2.02. The van der Waals surface area contributed by atoms with Crippen LogP contribution in [0.3, 0.4) is 0 Å². The van der Waals surface area contributed by atoms with E-state index in [-0.39, 0.29) is 5.91 Å². The number of fused-ring (bicyclic) bond motifs is 1. The summed E-state index contributed by atoms with van der Waals surface area (Å²) in [7, 11) is 0. The Balaban J connectivity index is 1.58. The van der Waals surface area contributed by atoms with Crippen molar-refractivity contribution in [2.45, 2.75) is 6.92 Å². The number of aromatic amines is 1. The maximum absolute atomic E-state index is 12.3. The van der Waals surface area contributed by atoms with E-state index in [1.807, 2.05) is 13.0 Å². The van der Waals surface area contributed by atoms with E-state index in [1.165, 1.54) is 11.3 Å². The van der Waals surface area contributed by atoms with Crippen molar-refractivity contribution in [2.24, 2.45) is 0 Å². The Hall–Kier alpha value is -3.00. The van der Waals surface area contributed by atoms with Gasteiger partial charge in [-0.1, -0.05) is 0 Å². The molecule has 0 aromatic carbocycles. The van der Waals surface area contributed by atoms with Crippen LogP contribution in [0.2, 0.25) is 0 Å². The highest BCUT2D eigenvalue weighted by molar-refractivity contribution is 7.13. The van der Waals surface area contributed by atoms with Crippen molar-refractivity contribution in [3.63, 3.8) is 0 Å². The zero-order valence-corrected chi connectivity index (χ0v) is 12.8. The molecule has 0 radical (unpaired) electrons. The van der Waals surface area contributed by atoms with Gasteiger partial charge in [0.05, 0.1) is 18.1 Å². The average Bonchev–Trinajstić information content (AvgIpc) is 3.27. The SMILES string of the molecule is Cc1[nH]nc2ncc(NC(=O)c3csc(-c4ccco4)n3)cc12. The molecule has 23 heavy (non-hydrogen) atoms. The van der Waals surface area contributed by atoms with Gasteiger partial charge in [-0.2, -0.15) is 5.10 Å². The van der Waals surface area contributed by atoms with Gasteiger partial charge in [0.2, 0.25) is 0 Å². The Morgan fingerprint density at radius 2 is 2.35 bits per heavy atom. The standard InChI is InChI=1S/C15H11N5O2S/c1-8-10-5-9(6-16-13(10)20-19-8)17-14(21)11-7-23-15(18-11)12-3-2-4-22-12/h2-7H,1H3,(H,17,21)(H,16,19,20). The number of rotatable bonds is 3. The molecule has 0 atom stereocenters. The summed E-state index contributed by atoms with van der Waals surface area (Å²) < 4.78 is 5.28. The molecule has 8 heteroatoms. The smallest absolute Gasteiger partial charge is 0.275 e. The number of carbonyl (C=O) groups excluding carboxylic acids is 1. The molecule has 0 aliphatic heterocycles. The molecule has 0 bridgehead atoms. The number of thiazole rings is 1. The van der Waals surface area contributed by atoms with Crippen LogP contribution in [0, 0.1) is 6.92 Å². The van der Waals surface area contributed by atoms with Crippen LogP contribution in [0.25, 0.3) is 21.8 Å². The molecule has 4 heterocycles. The number of nitrogens with zero attached hydrogens (tertiary/aromatic N) is 3. The molecule has 0 aliphatic rings. The summed E-state index contributed by atoms with van der Waals surface area (Å²) in [6.07, 6.45) is 3.14. The number of hydrogen-bond acceptors (Lipinski definition) is 6. The van der Waals surface area contributed by atoms with Gasteiger partial charge in [-0.05, 0) is 25.1 Å². The summed E-state index contributed by atoms with van der Waals surface area (Å²) in [6.45, 7) is 1.90. The summed E-state index contributed by atoms with van der Waals surface area (Å²) in [5.74, 6) is 0.354. The van der Waals surface area contributed by atoms with E-state index in [0.29, 0.717) is 27.8 Å².